The second-order valence-corrected chi connectivity index (χ2v) is 10.8. The van der Waals surface area contributed by atoms with Gasteiger partial charge in [-0.1, -0.05) is 48.5 Å². The third kappa shape index (κ3) is 3.97. The lowest BCUT2D eigenvalue weighted by Crippen LogP contribution is -2.37. The maximum atomic E-state index is 13.4. The molecule has 0 aliphatic carbocycles. The molecule has 4 rings (SSSR count). The van der Waals surface area contributed by atoms with Crippen molar-refractivity contribution in [2.24, 2.45) is 0 Å². The highest BCUT2D eigenvalue weighted by molar-refractivity contribution is 7.90. The zero-order chi connectivity index (χ0) is 22.1. The highest BCUT2D eigenvalue weighted by Crippen LogP contribution is 2.38. The monoisotopic (exact) mass is 458 g/mol. The Kier molecular flexibility index (Phi) is 5.85. The Hall–Kier alpha value is -2.72. The molecule has 9 heteroatoms. The summed E-state index contributed by atoms with van der Waals surface area (Å²) in [5.74, 6) is 0.594. The zero-order valence-corrected chi connectivity index (χ0v) is 18.5. The number of rotatable bonds is 6. The lowest BCUT2D eigenvalue weighted by molar-refractivity contribution is 0.291. The maximum Gasteiger partial charge on any atom is 0.244 e. The molecule has 0 bridgehead atoms. The number of nitrogens with zero attached hydrogens (tertiary/aromatic N) is 2. The molecule has 1 aliphatic heterocycles. The van der Waals surface area contributed by atoms with Crippen LogP contribution in [0.25, 0.3) is 0 Å². The van der Waals surface area contributed by atoms with Crippen LogP contribution in [0.15, 0.2) is 94.7 Å². The molecular weight excluding hydrogens is 436 g/mol. The van der Waals surface area contributed by atoms with E-state index in [4.69, 9.17) is 4.74 Å². The van der Waals surface area contributed by atoms with E-state index in [1.54, 1.807) is 60.7 Å². The molecule has 31 heavy (non-hydrogen) atoms. The quantitative estimate of drug-likeness (QED) is 0.567. The molecule has 0 aromatic heterocycles. The second-order valence-electron chi connectivity index (χ2n) is 7.00. The molecule has 7 nitrogen and oxygen atoms in total. The van der Waals surface area contributed by atoms with Gasteiger partial charge in [0.25, 0.3) is 0 Å². The fourth-order valence-electron chi connectivity index (χ4n) is 3.65. The Morgan fingerprint density at radius 2 is 1.10 bits per heavy atom. The molecule has 3 aromatic rings. The molecule has 0 radical (unpaired) electrons. The van der Waals surface area contributed by atoms with Gasteiger partial charge >= 0.3 is 0 Å². The molecule has 1 saturated heterocycles. The van der Waals surface area contributed by atoms with Crippen LogP contribution in [-0.4, -0.2) is 45.6 Å². The molecule has 1 fully saturated rings. The Balaban J connectivity index is 1.83. The summed E-state index contributed by atoms with van der Waals surface area (Å²) >= 11 is 0. The van der Waals surface area contributed by atoms with Crippen LogP contribution in [0.3, 0.4) is 0 Å². The molecule has 1 heterocycles. The largest absolute Gasteiger partial charge is 0.497 e. The van der Waals surface area contributed by atoms with Gasteiger partial charge in [-0.25, -0.2) is 16.8 Å². The first-order chi connectivity index (χ1) is 14.9. The van der Waals surface area contributed by atoms with Gasteiger partial charge in [0, 0.05) is 13.1 Å². The van der Waals surface area contributed by atoms with Crippen molar-refractivity contribution < 1.29 is 21.6 Å². The predicted molar refractivity (Wildman–Crippen MR) is 116 cm³/mol. The number of hydrogen-bond donors (Lipinski definition) is 0. The molecule has 0 atom stereocenters. The van der Waals surface area contributed by atoms with Crippen LogP contribution in [0.1, 0.15) is 11.7 Å². The summed E-state index contributed by atoms with van der Waals surface area (Å²) in [7, 11) is -6.33. The van der Waals surface area contributed by atoms with Gasteiger partial charge in [-0.15, -0.1) is 0 Å². The lowest BCUT2D eigenvalue weighted by atomic mass is 10.2. The zero-order valence-electron chi connectivity index (χ0n) is 16.8. The van der Waals surface area contributed by atoms with Crippen molar-refractivity contribution in [1.82, 2.24) is 8.61 Å². The smallest absolute Gasteiger partial charge is 0.244 e. The van der Waals surface area contributed by atoms with E-state index in [0.29, 0.717) is 11.3 Å². The van der Waals surface area contributed by atoms with Crippen LogP contribution < -0.4 is 4.74 Å². The lowest BCUT2D eigenvalue weighted by Gasteiger charge is -2.29. The van der Waals surface area contributed by atoms with Gasteiger partial charge in [-0.2, -0.15) is 8.61 Å². The minimum Gasteiger partial charge on any atom is -0.497 e. The highest BCUT2D eigenvalue weighted by Gasteiger charge is 2.46. The first-order valence-electron chi connectivity index (χ1n) is 9.63. The Bertz CT molecular complexity index is 1170. The van der Waals surface area contributed by atoms with Crippen LogP contribution >= 0.6 is 0 Å². The summed E-state index contributed by atoms with van der Waals surface area (Å²) in [6.45, 7) is 0.0833. The Labute approximate surface area is 182 Å². The van der Waals surface area contributed by atoms with Crippen molar-refractivity contribution in [3.63, 3.8) is 0 Å². The fourth-order valence-corrected chi connectivity index (χ4v) is 6.90. The van der Waals surface area contributed by atoms with Crippen LogP contribution in [0.5, 0.6) is 5.75 Å². The summed E-state index contributed by atoms with van der Waals surface area (Å²) in [5.41, 5.74) is 0.539. The van der Waals surface area contributed by atoms with E-state index in [9.17, 15) is 16.8 Å². The van der Waals surface area contributed by atoms with Gasteiger partial charge < -0.3 is 4.74 Å². The van der Waals surface area contributed by atoms with Gasteiger partial charge in [0.05, 0.1) is 16.9 Å². The summed E-state index contributed by atoms with van der Waals surface area (Å²) in [6, 6.07) is 22.8. The minimum atomic E-state index is -3.93. The second kappa shape index (κ2) is 8.43. The SMILES string of the molecule is COc1ccc(C2N(S(=O)(=O)c3ccccc3)CCN2S(=O)(=O)c2ccccc2)cc1. The van der Waals surface area contributed by atoms with Crippen LogP contribution in [-0.2, 0) is 20.0 Å². The molecule has 3 aromatic carbocycles. The van der Waals surface area contributed by atoms with Crippen molar-refractivity contribution in [2.75, 3.05) is 20.2 Å². The maximum absolute atomic E-state index is 13.4. The number of sulfonamides is 2. The first-order valence-corrected chi connectivity index (χ1v) is 12.5. The third-order valence-electron chi connectivity index (χ3n) is 5.20. The van der Waals surface area contributed by atoms with Gasteiger partial charge in [-0.3, -0.25) is 0 Å². The fraction of sp³-hybridized carbons (Fsp3) is 0.182. The molecular formula is C22H22N2O5S2. The molecule has 1 aliphatic rings. The molecule has 0 spiro atoms. The number of benzene rings is 3. The van der Waals surface area contributed by atoms with Crippen molar-refractivity contribution in [3.05, 3.63) is 90.5 Å². The summed E-state index contributed by atoms with van der Waals surface area (Å²) in [5, 5.41) is 0. The normalized spacial score (nSPS) is 16.4. The molecule has 0 saturated carbocycles. The standard InChI is InChI=1S/C22H22N2O5S2/c1-29-19-14-12-18(13-15-19)22-23(30(25,26)20-8-4-2-5-9-20)16-17-24(22)31(27,28)21-10-6-3-7-11-21/h2-15,22H,16-17H2,1H3. The minimum absolute atomic E-state index is 0.0417. The molecule has 0 N–H and O–H groups in total. The first kappa shape index (κ1) is 21.5. The van der Waals surface area contributed by atoms with E-state index in [0.717, 1.165) is 0 Å². The summed E-state index contributed by atoms with van der Waals surface area (Å²) in [6.07, 6.45) is -1.01. The number of ether oxygens (including phenoxy) is 1. The van der Waals surface area contributed by atoms with Gasteiger partial charge in [0.2, 0.25) is 20.0 Å². The predicted octanol–water partition coefficient (Wildman–Crippen LogP) is 3.09. The Morgan fingerprint density at radius 3 is 1.48 bits per heavy atom. The summed E-state index contributed by atoms with van der Waals surface area (Å²) in [4.78, 5) is 0.236. The summed E-state index contributed by atoms with van der Waals surface area (Å²) < 4.78 is 61.4. The van der Waals surface area contributed by atoms with Crippen LogP contribution in [0.2, 0.25) is 0 Å². The molecule has 0 unspecified atom stereocenters. The average molecular weight is 459 g/mol. The van der Waals surface area contributed by atoms with Crippen LogP contribution in [0, 0.1) is 0 Å². The van der Waals surface area contributed by atoms with Crippen molar-refractivity contribution in [3.8, 4) is 5.75 Å². The number of methoxy groups -OCH3 is 1. The van der Waals surface area contributed by atoms with Gasteiger partial charge in [0.15, 0.2) is 0 Å². The van der Waals surface area contributed by atoms with Crippen molar-refractivity contribution in [2.45, 2.75) is 16.0 Å². The van der Waals surface area contributed by atoms with E-state index in [1.165, 1.54) is 40.0 Å². The Morgan fingerprint density at radius 1 is 0.677 bits per heavy atom. The van der Waals surface area contributed by atoms with Crippen molar-refractivity contribution in [1.29, 1.82) is 0 Å². The highest BCUT2D eigenvalue weighted by atomic mass is 32.2. The topological polar surface area (TPSA) is 84.0 Å². The van der Waals surface area contributed by atoms with Gasteiger partial charge in [0.1, 0.15) is 11.9 Å². The van der Waals surface area contributed by atoms with E-state index in [1.807, 2.05) is 0 Å². The van der Waals surface area contributed by atoms with Crippen LogP contribution in [0.4, 0.5) is 0 Å². The van der Waals surface area contributed by atoms with E-state index in [2.05, 4.69) is 0 Å². The third-order valence-corrected chi connectivity index (χ3v) is 8.94. The molecule has 0 amide bonds. The molecule has 162 valence electrons. The van der Waals surface area contributed by atoms with E-state index >= 15 is 0 Å². The van der Waals surface area contributed by atoms with E-state index in [-0.39, 0.29) is 22.9 Å². The van der Waals surface area contributed by atoms with E-state index < -0.39 is 26.2 Å². The number of hydrogen-bond acceptors (Lipinski definition) is 5. The van der Waals surface area contributed by atoms with Crippen molar-refractivity contribution >= 4 is 20.0 Å². The average Bonchev–Trinajstić information content (AvgIpc) is 3.27. The van der Waals surface area contributed by atoms with Gasteiger partial charge in [-0.05, 0) is 42.0 Å².